The molecule has 1 saturated heterocycles. The van der Waals surface area contributed by atoms with Crippen molar-refractivity contribution in [3.05, 3.63) is 82.6 Å². The highest BCUT2D eigenvalue weighted by molar-refractivity contribution is 6.30. The summed E-state index contributed by atoms with van der Waals surface area (Å²) in [5.41, 5.74) is 2.94. The third-order valence-corrected chi connectivity index (χ3v) is 5.58. The van der Waals surface area contributed by atoms with Gasteiger partial charge < -0.3 is 9.32 Å². The third kappa shape index (κ3) is 3.79. The lowest BCUT2D eigenvalue weighted by Gasteiger charge is -2.32. The molecule has 0 radical (unpaired) electrons. The molecule has 4 heteroatoms. The number of rotatable bonds is 3. The van der Waals surface area contributed by atoms with Crippen LogP contribution in [0.4, 0.5) is 0 Å². The molecule has 27 heavy (non-hydrogen) atoms. The summed E-state index contributed by atoms with van der Waals surface area (Å²) in [7, 11) is 0. The Morgan fingerprint density at radius 1 is 1.04 bits per heavy atom. The van der Waals surface area contributed by atoms with Gasteiger partial charge in [-0.1, -0.05) is 41.9 Å². The van der Waals surface area contributed by atoms with E-state index in [2.05, 4.69) is 24.3 Å². The van der Waals surface area contributed by atoms with Crippen molar-refractivity contribution in [2.24, 2.45) is 0 Å². The van der Waals surface area contributed by atoms with Gasteiger partial charge >= 0.3 is 0 Å². The zero-order chi connectivity index (χ0) is 18.8. The molecule has 1 amide bonds. The van der Waals surface area contributed by atoms with Crippen molar-refractivity contribution in [2.75, 3.05) is 13.1 Å². The Hall–Kier alpha value is -2.52. The molecule has 3 nitrogen and oxygen atoms in total. The zero-order valence-electron chi connectivity index (χ0n) is 15.3. The van der Waals surface area contributed by atoms with Crippen LogP contribution in [0.2, 0.25) is 5.02 Å². The summed E-state index contributed by atoms with van der Waals surface area (Å²) >= 11 is 5.95. The van der Waals surface area contributed by atoms with E-state index >= 15 is 0 Å². The average molecular weight is 380 g/mol. The number of halogens is 1. The summed E-state index contributed by atoms with van der Waals surface area (Å²) in [6.07, 6.45) is 1.99. The van der Waals surface area contributed by atoms with Gasteiger partial charge in [0.1, 0.15) is 11.5 Å². The van der Waals surface area contributed by atoms with Crippen LogP contribution in [0.25, 0.3) is 11.3 Å². The Bertz CT molecular complexity index is 923. The van der Waals surface area contributed by atoms with Crippen LogP contribution in [-0.4, -0.2) is 23.9 Å². The predicted octanol–water partition coefficient (Wildman–Crippen LogP) is 5.93. The smallest absolute Gasteiger partial charge is 0.257 e. The Kier molecular flexibility index (Phi) is 5.04. The molecule has 0 atom stereocenters. The molecule has 0 unspecified atom stereocenters. The molecule has 0 bridgehead atoms. The first kappa shape index (κ1) is 17.9. The fraction of sp³-hybridized carbons (Fsp3) is 0.261. The maximum Gasteiger partial charge on any atom is 0.257 e. The molecule has 1 aromatic heterocycles. The van der Waals surface area contributed by atoms with Crippen molar-refractivity contribution in [3.63, 3.8) is 0 Å². The number of hydrogen-bond donors (Lipinski definition) is 0. The van der Waals surface area contributed by atoms with Crippen LogP contribution in [0.5, 0.6) is 0 Å². The van der Waals surface area contributed by atoms with Gasteiger partial charge in [0.2, 0.25) is 0 Å². The van der Waals surface area contributed by atoms with E-state index in [4.69, 9.17) is 16.0 Å². The lowest BCUT2D eigenvalue weighted by Crippen LogP contribution is -2.38. The van der Waals surface area contributed by atoms with Gasteiger partial charge in [-0.25, -0.2) is 0 Å². The zero-order valence-corrected chi connectivity index (χ0v) is 16.1. The van der Waals surface area contributed by atoms with E-state index in [1.54, 1.807) is 0 Å². The first-order chi connectivity index (χ1) is 13.1. The molecule has 138 valence electrons. The minimum Gasteiger partial charge on any atom is -0.461 e. The monoisotopic (exact) mass is 379 g/mol. The summed E-state index contributed by atoms with van der Waals surface area (Å²) in [5.74, 6) is 1.95. The van der Waals surface area contributed by atoms with E-state index in [1.165, 1.54) is 5.56 Å². The first-order valence-electron chi connectivity index (χ1n) is 9.32. The number of carbonyl (C=O) groups is 1. The molecule has 1 aliphatic rings. The minimum absolute atomic E-state index is 0.0583. The van der Waals surface area contributed by atoms with Gasteiger partial charge in [-0.2, -0.15) is 0 Å². The van der Waals surface area contributed by atoms with E-state index in [0.717, 1.165) is 31.5 Å². The quantitative estimate of drug-likeness (QED) is 0.565. The largest absolute Gasteiger partial charge is 0.461 e. The molecule has 2 aromatic carbocycles. The predicted molar refractivity (Wildman–Crippen MR) is 108 cm³/mol. The number of aryl methyl sites for hydroxylation is 1. The highest BCUT2D eigenvalue weighted by Gasteiger charge is 2.27. The van der Waals surface area contributed by atoms with Gasteiger partial charge in [-0.3, -0.25) is 4.79 Å². The first-order valence-corrected chi connectivity index (χ1v) is 9.70. The highest BCUT2D eigenvalue weighted by Crippen LogP contribution is 2.31. The molecule has 0 saturated carbocycles. The lowest BCUT2D eigenvalue weighted by molar-refractivity contribution is 0.0711. The number of amides is 1. The molecule has 4 rings (SSSR count). The van der Waals surface area contributed by atoms with Crippen molar-refractivity contribution < 1.29 is 9.21 Å². The van der Waals surface area contributed by atoms with Crippen molar-refractivity contribution in [1.82, 2.24) is 4.90 Å². The summed E-state index contributed by atoms with van der Waals surface area (Å²) in [5, 5.41) is 0.680. The summed E-state index contributed by atoms with van der Waals surface area (Å²) < 4.78 is 5.85. The van der Waals surface area contributed by atoms with Gasteiger partial charge in [0.25, 0.3) is 5.91 Å². The number of furan rings is 1. The van der Waals surface area contributed by atoms with E-state index in [1.807, 2.05) is 48.2 Å². The molecule has 0 N–H and O–H groups in total. The normalized spacial score (nSPS) is 15.1. The number of hydrogen-bond acceptors (Lipinski definition) is 2. The van der Waals surface area contributed by atoms with Crippen LogP contribution >= 0.6 is 11.6 Å². The van der Waals surface area contributed by atoms with Crippen molar-refractivity contribution in [2.45, 2.75) is 25.7 Å². The molecule has 1 fully saturated rings. The maximum atomic E-state index is 13.0. The van der Waals surface area contributed by atoms with Crippen LogP contribution in [0.15, 0.2) is 65.1 Å². The van der Waals surface area contributed by atoms with E-state index < -0.39 is 0 Å². The van der Waals surface area contributed by atoms with Crippen LogP contribution < -0.4 is 0 Å². The average Bonchev–Trinajstić information content (AvgIpc) is 3.10. The standard InChI is InChI=1S/C23H22ClNO2/c1-16-21(15-22(27-16)19-7-9-20(24)10-8-19)23(26)25-13-11-18(12-14-25)17-5-3-2-4-6-17/h2-10,15,18H,11-14H2,1H3. The number of piperidine rings is 1. The SMILES string of the molecule is Cc1oc(-c2ccc(Cl)cc2)cc1C(=O)N1CCC(c2ccccc2)CC1. The molecule has 0 spiro atoms. The number of nitrogens with zero attached hydrogens (tertiary/aromatic N) is 1. The second kappa shape index (κ2) is 7.61. The second-order valence-electron chi connectivity index (χ2n) is 7.06. The van der Waals surface area contributed by atoms with Crippen LogP contribution in [0.3, 0.4) is 0 Å². The van der Waals surface area contributed by atoms with E-state index in [0.29, 0.717) is 28.0 Å². The topological polar surface area (TPSA) is 33.5 Å². The van der Waals surface area contributed by atoms with Gasteiger partial charge in [0.15, 0.2) is 0 Å². The Morgan fingerprint density at radius 3 is 2.37 bits per heavy atom. The molecular weight excluding hydrogens is 358 g/mol. The third-order valence-electron chi connectivity index (χ3n) is 5.33. The number of benzene rings is 2. The van der Waals surface area contributed by atoms with Gasteiger partial charge in [0.05, 0.1) is 5.56 Å². The molecule has 1 aliphatic heterocycles. The molecular formula is C23H22ClNO2. The van der Waals surface area contributed by atoms with Crippen molar-refractivity contribution >= 4 is 17.5 Å². The Balaban J connectivity index is 1.47. The van der Waals surface area contributed by atoms with Gasteiger partial charge in [-0.05, 0) is 61.6 Å². The van der Waals surface area contributed by atoms with Gasteiger partial charge in [0, 0.05) is 23.7 Å². The fourth-order valence-electron chi connectivity index (χ4n) is 3.76. The summed E-state index contributed by atoms with van der Waals surface area (Å²) in [6.45, 7) is 3.40. The fourth-order valence-corrected chi connectivity index (χ4v) is 3.89. The second-order valence-corrected chi connectivity index (χ2v) is 7.50. The van der Waals surface area contributed by atoms with Crippen LogP contribution in [-0.2, 0) is 0 Å². The summed E-state index contributed by atoms with van der Waals surface area (Å²) in [4.78, 5) is 15.0. The van der Waals surface area contributed by atoms with Crippen molar-refractivity contribution in [1.29, 1.82) is 0 Å². The van der Waals surface area contributed by atoms with E-state index in [-0.39, 0.29) is 5.91 Å². The maximum absolute atomic E-state index is 13.0. The molecule has 3 aromatic rings. The summed E-state index contributed by atoms with van der Waals surface area (Å²) in [6, 6.07) is 19.9. The van der Waals surface area contributed by atoms with Crippen LogP contribution in [0.1, 0.15) is 40.4 Å². The van der Waals surface area contributed by atoms with Gasteiger partial charge in [-0.15, -0.1) is 0 Å². The lowest BCUT2D eigenvalue weighted by atomic mass is 9.89. The Labute approximate surface area is 164 Å². The molecule has 0 aliphatic carbocycles. The van der Waals surface area contributed by atoms with E-state index in [9.17, 15) is 4.79 Å². The number of likely N-dealkylation sites (tertiary alicyclic amines) is 1. The number of carbonyl (C=O) groups excluding carboxylic acids is 1. The van der Waals surface area contributed by atoms with Crippen LogP contribution in [0, 0.1) is 6.92 Å². The Morgan fingerprint density at radius 2 is 1.70 bits per heavy atom. The minimum atomic E-state index is 0.0583. The highest BCUT2D eigenvalue weighted by atomic mass is 35.5. The molecule has 2 heterocycles. The van der Waals surface area contributed by atoms with Crippen molar-refractivity contribution in [3.8, 4) is 11.3 Å².